The van der Waals surface area contributed by atoms with Crippen molar-refractivity contribution in [3.05, 3.63) is 64.7 Å². The summed E-state index contributed by atoms with van der Waals surface area (Å²) in [6.45, 7) is 3.71. The average Bonchev–Trinajstić information content (AvgIpc) is 2.49. The molecule has 3 nitrogen and oxygen atoms in total. The zero-order chi connectivity index (χ0) is 15.2. The van der Waals surface area contributed by atoms with Crippen LogP contribution in [-0.4, -0.2) is 19.1 Å². The molecule has 0 aromatic heterocycles. The van der Waals surface area contributed by atoms with E-state index >= 15 is 0 Å². The van der Waals surface area contributed by atoms with Crippen molar-refractivity contribution in [1.82, 2.24) is 4.90 Å². The van der Waals surface area contributed by atoms with E-state index in [9.17, 15) is 0 Å². The number of ether oxygens (including phenoxy) is 1. The fourth-order valence-electron chi connectivity index (χ4n) is 2.41. The molecule has 2 aromatic carbocycles. The molecule has 0 radical (unpaired) electrons. The van der Waals surface area contributed by atoms with Crippen molar-refractivity contribution in [1.29, 1.82) is 5.26 Å². The number of nitriles is 1. The Labute approximate surface area is 126 Å². The highest BCUT2D eigenvalue weighted by Crippen LogP contribution is 2.20. The minimum absolute atomic E-state index is 0.712. The predicted octanol–water partition coefficient (Wildman–Crippen LogP) is 3.51. The lowest BCUT2D eigenvalue weighted by Crippen LogP contribution is -2.18. The van der Waals surface area contributed by atoms with Crippen molar-refractivity contribution in [2.75, 3.05) is 14.2 Å². The molecule has 0 spiro atoms. The lowest BCUT2D eigenvalue weighted by Gasteiger charge is -2.19. The van der Waals surface area contributed by atoms with E-state index in [1.165, 1.54) is 11.1 Å². The van der Waals surface area contributed by atoms with Gasteiger partial charge in [-0.15, -0.1) is 0 Å². The molecule has 0 N–H and O–H groups in total. The van der Waals surface area contributed by atoms with Crippen molar-refractivity contribution in [2.24, 2.45) is 0 Å². The number of aryl methyl sites for hydroxylation is 1. The molecule has 0 aliphatic heterocycles. The molecule has 2 aromatic rings. The summed E-state index contributed by atoms with van der Waals surface area (Å²) >= 11 is 0. The summed E-state index contributed by atoms with van der Waals surface area (Å²) in [6.07, 6.45) is 0. The molecule has 0 fully saturated rings. The Kier molecular flexibility index (Phi) is 4.97. The molecule has 108 valence electrons. The predicted molar refractivity (Wildman–Crippen MR) is 84.1 cm³/mol. The Morgan fingerprint density at radius 2 is 1.81 bits per heavy atom. The molecule has 0 aliphatic rings. The van der Waals surface area contributed by atoms with Gasteiger partial charge in [-0.25, -0.2) is 0 Å². The summed E-state index contributed by atoms with van der Waals surface area (Å²) in [6, 6.07) is 16.1. The second-order valence-corrected chi connectivity index (χ2v) is 5.24. The van der Waals surface area contributed by atoms with Crippen LogP contribution in [0.3, 0.4) is 0 Å². The highest BCUT2D eigenvalue weighted by Gasteiger charge is 2.08. The van der Waals surface area contributed by atoms with Gasteiger partial charge in [0.25, 0.3) is 0 Å². The Morgan fingerprint density at radius 1 is 1.10 bits per heavy atom. The van der Waals surface area contributed by atoms with Crippen molar-refractivity contribution in [3.63, 3.8) is 0 Å². The Morgan fingerprint density at radius 3 is 2.48 bits per heavy atom. The van der Waals surface area contributed by atoms with E-state index in [-0.39, 0.29) is 0 Å². The van der Waals surface area contributed by atoms with E-state index in [0.717, 1.165) is 24.4 Å². The third kappa shape index (κ3) is 3.84. The lowest BCUT2D eigenvalue weighted by molar-refractivity contribution is 0.309. The molecule has 21 heavy (non-hydrogen) atoms. The number of hydrogen-bond acceptors (Lipinski definition) is 3. The van der Waals surface area contributed by atoms with Gasteiger partial charge in [0, 0.05) is 18.7 Å². The van der Waals surface area contributed by atoms with E-state index < -0.39 is 0 Å². The van der Waals surface area contributed by atoms with Gasteiger partial charge in [-0.05, 0) is 43.3 Å². The summed E-state index contributed by atoms with van der Waals surface area (Å²) < 4.78 is 5.39. The maximum Gasteiger partial charge on any atom is 0.123 e. The van der Waals surface area contributed by atoms with Gasteiger partial charge in [0.1, 0.15) is 5.75 Å². The fraction of sp³-hybridized carbons (Fsp3) is 0.278. The van der Waals surface area contributed by atoms with E-state index in [2.05, 4.69) is 24.1 Å². The Bertz CT molecular complexity index is 659. The third-order valence-electron chi connectivity index (χ3n) is 3.54. The van der Waals surface area contributed by atoms with Crippen LogP contribution in [-0.2, 0) is 13.1 Å². The number of para-hydroxylation sites is 1. The molecule has 0 heterocycles. The van der Waals surface area contributed by atoms with E-state index in [4.69, 9.17) is 10.00 Å². The van der Waals surface area contributed by atoms with Gasteiger partial charge in [-0.1, -0.05) is 24.3 Å². The van der Waals surface area contributed by atoms with Gasteiger partial charge in [-0.3, -0.25) is 4.90 Å². The van der Waals surface area contributed by atoms with Gasteiger partial charge < -0.3 is 4.74 Å². The molecule has 3 heteroatoms. The van der Waals surface area contributed by atoms with Crippen molar-refractivity contribution >= 4 is 0 Å². The van der Waals surface area contributed by atoms with E-state index in [1.807, 2.05) is 43.3 Å². The molecule has 2 rings (SSSR count). The maximum atomic E-state index is 8.91. The largest absolute Gasteiger partial charge is 0.496 e. The molecule has 0 unspecified atom stereocenters. The van der Waals surface area contributed by atoms with E-state index in [1.54, 1.807) is 7.11 Å². The first-order valence-electron chi connectivity index (χ1n) is 6.94. The van der Waals surface area contributed by atoms with Crippen LogP contribution in [0.15, 0.2) is 42.5 Å². The van der Waals surface area contributed by atoms with Gasteiger partial charge in [0.2, 0.25) is 0 Å². The number of methoxy groups -OCH3 is 1. The van der Waals surface area contributed by atoms with Gasteiger partial charge >= 0.3 is 0 Å². The van der Waals surface area contributed by atoms with Gasteiger partial charge in [-0.2, -0.15) is 5.26 Å². The summed E-state index contributed by atoms with van der Waals surface area (Å²) in [5, 5.41) is 8.91. The van der Waals surface area contributed by atoms with Crippen LogP contribution in [0.4, 0.5) is 0 Å². The topological polar surface area (TPSA) is 36.3 Å². The Balaban J connectivity index is 2.08. The molecular weight excluding hydrogens is 260 g/mol. The quantitative estimate of drug-likeness (QED) is 0.841. The number of benzene rings is 2. The Hall–Kier alpha value is -2.31. The first-order valence-corrected chi connectivity index (χ1v) is 6.94. The molecule has 0 atom stereocenters. The first kappa shape index (κ1) is 15.1. The standard InChI is InChI=1S/C18H20N2O/c1-14-10-15(11-19)8-9-16(14)12-20(2)13-17-6-4-5-7-18(17)21-3/h4-10H,12-13H2,1-3H3. The minimum Gasteiger partial charge on any atom is -0.496 e. The van der Waals surface area contributed by atoms with Crippen molar-refractivity contribution < 1.29 is 4.74 Å². The van der Waals surface area contributed by atoms with Crippen LogP contribution < -0.4 is 4.74 Å². The van der Waals surface area contributed by atoms with Crippen LogP contribution in [0.1, 0.15) is 22.3 Å². The normalized spacial score (nSPS) is 10.4. The molecule has 0 saturated carbocycles. The molecule has 0 amide bonds. The maximum absolute atomic E-state index is 8.91. The van der Waals surface area contributed by atoms with Crippen LogP contribution in [0.25, 0.3) is 0 Å². The third-order valence-corrected chi connectivity index (χ3v) is 3.54. The van der Waals surface area contributed by atoms with Crippen molar-refractivity contribution in [2.45, 2.75) is 20.0 Å². The van der Waals surface area contributed by atoms with Crippen LogP contribution in [0.5, 0.6) is 5.75 Å². The van der Waals surface area contributed by atoms with Gasteiger partial charge in [0.15, 0.2) is 0 Å². The average molecular weight is 280 g/mol. The fourth-order valence-corrected chi connectivity index (χ4v) is 2.41. The van der Waals surface area contributed by atoms with Crippen molar-refractivity contribution in [3.8, 4) is 11.8 Å². The second-order valence-electron chi connectivity index (χ2n) is 5.24. The molecule has 0 aliphatic carbocycles. The summed E-state index contributed by atoms with van der Waals surface area (Å²) in [4.78, 5) is 2.24. The molecule has 0 saturated heterocycles. The summed E-state index contributed by atoms with van der Waals surface area (Å²) in [5.74, 6) is 0.918. The number of rotatable bonds is 5. The number of hydrogen-bond donors (Lipinski definition) is 0. The molecular formula is C18H20N2O. The monoisotopic (exact) mass is 280 g/mol. The highest BCUT2D eigenvalue weighted by molar-refractivity contribution is 5.37. The zero-order valence-electron chi connectivity index (χ0n) is 12.8. The van der Waals surface area contributed by atoms with Crippen LogP contribution in [0, 0.1) is 18.3 Å². The zero-order valence-corrected chi connectivity index (χ0v) is 12.8. The van der Waals surface area contributed by atoms with Gasteiger partial charge in [0.05, 0.1) is 18.7 Å². The van der Waals surface area contributed by atoms with Crippen LogP contribution in [0.2, 0.25) is 0 Å². The highest BCUT2D eigenvalue weighted by atomic mass is 16.5. The van der Waals surface area contributed by atoms with E-state index in [0.29, 0.717) is 5.56 Å². The number of nitrogens with zero attached hydrogens (tertiary/aromatic N) is 2. The second kappa shape index (κ2) is 6.92. The molecule has 0 bridgehead atoms. The minimum atomic E-state index is 0.712. The first-order chi connectivity index (χ1) is 10.1. The summed E-state index contributed by atoms with van der Waals surface area (Å²) in [5.41, 5.74) is 4.28. The SMILES string of the molecule is COc1ccccc1CN(C)Cc1ccc(C#N)cc1C. The lowest BCUT2D eigenvalue weighted by atomic mass is 10.0. The van der Waals surface area contributed by atoms with Crippen LogP contribution >= 0.6 is 0 Å². The smallest absolute Gasteiger partial charge is 0.123 e. The summed E-state index contributed by atoms with van der Waals surface area (Å²) in [7, 11) is 3.79.